The normalized spacial score (nSPS) is 14.2. The van der Waals surface area contributed by atoms with Crippen molar-refractivity contribution in [2.24, 2.45) is 0 Å². The van der Waals surface area contributed by atoms with Gasteiger partial charge in [-0.3, -0.25) is 0 Å². The van der Waals surface area contributed by atoms with Crippen molar-refractivity contribution in [3.05, 3.63) is 52.5 Å². The Balaban J connectivity index is 2.04. The van der Waals surface area contributed by atoms with Crippen LogP contribution >= 0.6 is 23.2 Å². The average molecular weight is 312 g/mol. The molecular weight excluding hydrogens is 293 g/mol. The van der Waals surface area contributed by atoms with E-state index in [0.29, 0.717) is 16.1 Å². The second kappa shape index (κ2) is 7.11. The van der Waals surface area contributed by atoms with Gasteiger partial charge in [0, 0.05) is 41.1 Å². The number of hydrogen-bond acceptors (Lipinski definition) is 2. The molecule has 2 aromatic rings. The van der Waals surface area contributed by atoms with E-state index in [-0.39, 0.29) is 6.04 Å². The Kier molecular flexibility index (Phi) is 5.46. The van der Waals surface area contributed by atoms with Crippen LogP contribution < -0.4 is 5.32 Å². The summed E-state index contributed by atoms with van der Waals surface area (Å²) in [6, 6.07) is 6.21. The van der Waals surface area contributed by atoms with Crippen molar-refractivity contribution < 1.29 is 0 Å². The van der Waals surface area contributed by atoms with Crippen LogP contribution in [0.4, 0.5) is 0 Å². The van der Waals surface area contributed by atoms with Gasteiger partial charge in [0.15, 0.2) is 0 Å². The molecule has 1 aromatic heterocycles. The highest BCUT2D eigenvalue weighted by molar-refractivity contribution is 6.35. The Labute approximate surface area is 129 Å². The van der Waals surface area contributed by atoms with Gasteiger partial charge in [-0.15, -0.1) is 0 Å². The lowest BCUT2D eigenvalue weighted by atomic mass is 10.0. The number of hydrogen-bond donors (Lipinski definition) is 1. The molecule has 0 aliphatic heterocycles. The monoisotopic (exact) mass is 311 g/mol. The van der Waals surface area contributed by atoms with Gasteiger partial charge in [0.1, 0.15) is 0 Å². The minimum Gasteiger partial charge on any atom is -0.336 e. The smallest absolute Gasteiger partial charge is 0.0946 e. The largest absolute Gasteiger partial charge is 0.336 e. The van der Waals surface area contributed by atoms with Crippen LogP contribution in [0.25, 0.3) is 0 Å². The predicted octanol–water partition coefficient (Wildman–Crippen LogP) is 4.32. The van der Waals surface area contributed by atoms with Crippen molar-refractivity contribution in [3.63, 3.8) is 0 Å². The van der Waals surface area contributed by atoms with Crippen molar-refractivity contribution in [1.82, 2.24) is 14.9 Å². The van der Waals surface area contributed by atoms with Gasteiger partial charge in [-0.05, 0) is 31.0 Å². The Morgan fingerprint density at radius 2 is 2.15 bits per heavy atom. The maximum Gasteiger partial charge on any atom is 0.0946 e. The van der Waals surface area contributed by atoms with E-state index in [9.17, 15) is 0 Å². The highest BCUT2D eigenvalue weighted by Crippen LogP contribution is 2.28. The molecule has 20 heavy (non-hydrogen) atoms. The fourth-order valence-corrected chi connectivity index (χ4v) is 2.86. The third kappa shape index (κ3) is 3.98. The van der Waals surface area contributed by atoms with Gasteiger partial charge in [-0.2, -0.15) is 0 Å². The number of rotatable bonds is 6. The van der Waals surface area contributed by atoms with Crippen LogP contribution in [-0.4, -0.2) is 15.6 Å². The van der Waals surface area contributed by atoms with Crippen LogP contribution in [0.3, 0.4) is 0 Å². The van der Waals surface area contributed by atoms with Crippen LogP contribution in [0, 0.1) is 0 Å². The van der Waals surface area contributed by atoms with Gasteiger partial charge in [-0.1, -0.05) is 36.2 Å². The fourth-order valence-electron chi connectivity index (χ4n) is 2.32. The van der Waals surface area contributed by atoms with E-state index in [1.807, 2.05) is 24.7 Å². The number of imidazole rings is 1. The number of aromatic nitrogens is 2. The number of nitrogens with one attached hydrogen (secondary N) is 1. The lowest BCUT2D eigenvalue weighted by Gasteiger charge is -2.24. The molecule has 0 aliphatic carbocycles. The van der Waals surface area contributed by atoms with Crippen molar-refractivity contribution in [2.75, 3.05) is 0 Å². The molecule has 0 spiro atoms. The number of halogens is 2. The van der Waals surface area contributed by atoms with Gasteiger partial charge >= 0.3 is 0 Å². The summed E-state index contributed by atoms with van der Waals surface area (Å²) >= 11 is 12.2. The Morgan fingerprint density at radius 1 is 1.35 bits per heavy atom. The molecule has 0 aliphatic rings. The zero-order valence-electron chi connectivity index (χ0n) is 11.7. The van der Waals surface area contributed by atoms with E-state index >= 15 is 0 Å². The summed E-state index contributed by atoms with van der Waals surface area (Å²) in [5.74, 6) is 0. The predicted molar refractivity (Wildman–Crippen MR) is 84.3 cm³/mol. The summed E-state index contributed by atoms with van der Waals surface area (Å²) < 4.78 is 2.06. The van der Waals surface area contributed by atoms with Gasteiger partial charge < -0.3 is 9.88 Å². The minimum absolute atomic E-state index is 0.221. The zero-order chi connectivity index (χ0) is 14.5. The lowest BCUT2D eigenvalue weighted by molar-refractivity contribution is 0.406. The number of nitrogens with zero attached hydrogens (tertiary/aromatic N) is 2. The topological polar surface area (TPSA) is 29.9 Å². The molecule has 2 rings (SSSR count). The molecule has 2 unspecified atom stereocenters. The molecule has 0 saturated carbocycles. The molecule has 5 heteroatoms. The van der Waals surface area contributed by atoms with Gasteiger partial charge in [0.25, 0.3) is 0 Å². The first-order valence-corrected chi connectivity index (χ1v) is 7.52. The van der Waals surface area contributed by atoms with E-state index in [1.165, 1.54) is 0 Å². The molecule has 1 heterocycles. The van der Waals surface area contributed by atoms with Crippen LogP contribution in [0.5, 0.6) is 0 Å². The summed E-state index contributed by atoms with van der Waals surface area (Å²) in [6.45, 7) is 5.18. The van der Waals surface area contributed by atoms with Crippen molar-refractivity contribution in [3.8, 4) is 0 Å². The lowest BCUT2D eigenvalue weighted by Crippen LogP contribution is -2.33. The standard InChI is InChI=1S/C15H19Cl2N3/c1-3-15(13-5-4-12(16)8-14(13)17)19-11(2)9-20-7-6-18-10-20/h4-8,10-11,15,19H,3,9H2,1-2H3. The summed E-state index contributed by atoms with van der Waals surface area (Å²) in [6.07, 6.45) is 6.55. The van der Waals surface area contributed by atoms with Crippen LogP contribution in [0.15, 0.2) is 36.9 Å². The molecule has 0 radical (unpaired) electrons. The van der Waals surface area contributed by atoms with E-state index in [0.717, 1.165) is 18.5 Å². The average Bonchev–Trinajstić information content (AvgIpc) is 2.89. The Morgan fingerprint density at radius 3 is 2.75 bits per heavy atom. The second-order valence-corrected chi connectivity index (χ2v) is 5.80. The molecule has 1 aromatic carbocycles. The summed E-state index contributed by atoms with van der Waals surface area (Å²) in [4.78, 5) is 4.06. The van der Waals surface area contributed by atoms with Crippen molar-refractivity contribution in [2.45, 2.75) is 38.9 Å². The summed E-state index contributed by atoms with van der Waals surface area (Å²) in [5, 5.41) is 4.99. The highest BCUT2D eigenvalue weighted by atomic mass is 35.5. The summed E-state index contributed by atoms with van der Waals surface area (Å²) in [5.41, 5.74) is 1.09. The molecule has 0 fully saturated rings. The molecule has 0 bridgehead atoms. The van der Waals surface area contributed by atoms with E-state index in [2.05, 4.69) is 28.7 Å². The van der Waals surface area contributed by atoms with E-state index in [1.54, 1.807) is 12.3 Å². The molecule has 0 amide bonds. The van der Waals surface area contributed by atoms with Crippen molar-refractivity contribution >= 4 is 23.2 Å². The first-order valence-electron chi connectivity index (χ1n) is 6.77. The second-order valence-electron chi connectivity index (χ2n) is 4.95. The first kappa shape index (κ1) is 15.4. The van der Waals surface area contributed by atoms with Crippen LogP contribution in [0.2, 0.25) is 10.0 Å². The quantitative estimate of drug-likeness (QED) is 0.861. The van der Waals surface area contributed by atoms with Crippen molar-refractivity contribution in [1.29, 1.82) is 0 Å². The van der Waals surface area contributed by atoms with Gasteiger partial charge in [0.2, 0.25) is 0 Å². The Bertz CT molecular complexity index is 540. The Hall–Kier alpha value is -1.03. The minimum atomic E-state index is 0.221. The summed E-state index contributed by atoms with van der Waals surface area (Å²) in [7, 11) is 0. The molecule has 108 valence electrons. The molecule has 3 nitrogen and oxygen atoms in total. The molecule has 2 atom stereocenters. The van der Waals surface area contributed by atoms with Crippen LogP contribution in [-0.2, 0) is 6.54 Å². The van der Waals surface area contributed by atoms with Gasteiger partial charge in [0.05, 0.1) is 6.33 Å². The SMILES string of the molecule is CCC(NC(C)Cn1ccnc1)c1ccc(Cl)cc1Cl. The van der Waals surface area contributed by atoms with Gasteiger partial charge in [-0.25, -0.2) is 4.98 Å². The van der Waals surface area contributed by atoms with E-state index < -0.39 is 0 Å². The fraction of sp³-hybridized carbons (Fsp3) is 0.400. The van der Waals surface area contributed by atoms with Crippen LogP contribution in [0.1, 0.15) is 31.9 Å². The highest BCUT2D eigenvalue weighted by Gasteiger charge is 2.15. The maximum atomic E-state index is 6.29. The first-order chi connectivity index (χ1) is 9.60. The molecular formula is C15H19Cl2N3. The third-order valence-corrected chi connectivity index (χ3v) is 3.84. The third-order valence-electron chi connectivity index (χ3n) is 3.28. The number of benzene rings is 1. The molecule has 0 saturated heterocycles. The molecule has 1 N–H and O–H groups in total. The zero-order valence-corrected chi connectivity index (χ0v) is 13.2. The maximum absolute atomic E-state index is 6.29. The van der Waals surface area contributed by atoms with E-state index in [4.69, 9.17) is 23.2 Å².